The summed E-state index contributed by atoms with van der Waals surface area (Å²) >= 11 is 0. The standard InChI is InChI=1S/C23H24O3/c1-25-23-20(17-26-16-8-15-24)13-14-21(18-9-4-2-5-10-18)22(23)19-11-6-3-7-12-19/h2-7,9-14,24H,8,15-17H2,1H3. The zero-order valence-electron chi connectivity index (χ0n) is 15.0. The van der Waals surface area contributed by atoms with Crippen molar-refractivity contribution in [1.29, 1.82) is 0 Å². The van der Waals surface area contributed by atoms with Crippen molar-refractivity contribution in [2.45, 2.75) is 13.0 Å². The van der Waals surface area contributed by atoms with Crippen LogP contribution in [0.1, 0.15) is 12.0 Å². The van der Waals surface area contributed by atoms with Gasteiger partial charge in [0.15, 0.2) is 0 Å². The van der Waals surface area contributed by atoms with E-state index in [9.17, 15) is 0 Å². The van der Waals surface area contributed by atoms with E-state index in [0.717, 1.165) is 33.6 Å². The van der Waals surface area contributed by atoms with Gasteiger partial charge in [-0.05, 0) is 23.1 Å². The molecule has 0 aliphatic heterocycles. The molecule has 0 aliphatic carbocycles. The van der Waals surface area contributed by atoms with Gasteiger partial charge in [0.05, 0.1) is 13.7 Å². The summed E-state index contributed by atoms with van der Waals surface area (Å²) in [7, 11) is 1.70. The van der Waals surface area contributed by atoms with Crippen molar-refractivity contribution in [3.05, 3.63) is 78.4 Å². The first-order valence-electron chi connectivity index (χ1n) is 8.84. The Labute approximate surface area is 154 Å². The van der Waals surface area contributed by atoms with E-state index in [1.807, 2.05) is 36.4 Å². The van der Waals surface area contributed by atoms with Crippen molar-refractivity contribution in [2.24, 2.45) is 0 Å². The van der Waals surface area contributed by atoms with Gasteiger partial charge in [-0.1, -0.05) is 72.8 Å². The average molecular weight is 348 g/mol. The number of hydrogen-bond acceptors (Lipinski definition) is 3. The molecule has 0 amide bonds. The topological polar surface area (TPSA) is 38.7 Å². The van der Waals surface area contributed by atoms with Crippen LogP contribution >= 0.6 is 0 Å². The summed E-state index contributed by atoms with van der Waals surface area (Å²) < 4.78 is 11.5. The van der Waals surface area contributed by atoms with Gasteiger partial charge in [0.2, 0.25) is 0 Å². The lowest BCUT2D eigenvalue weighted by Gasteiger charge is -2.18. The summed E-state index contributed by atoms with van der Waals surface area (Å²) in [6.45, 7) is 1.12. The molecule has 3 nitrogen and oxygen atoms in total. The summed E-state index contributed by atoms with van der Waals surface area (Å²) in [6, 6.07) is 24.8. The number of aliphatic hydroxyl groups is 1. The Balaban J connectivity index is 2.08. The number of ether oxygens (including phenoxy) is 2. The van der Waals surface area contributed by atoms with Crippen molar-refractivity contribution < 1.29 is 14.6 Å². The molecule has 0 heterocycles. The van der Waals surface area contributed by atoms with Gasteiger partial charge in [-0.3, -0.25) is 0 Å². The zero-order valence-corrected chi connectivity index (χ0v) is 15.0. The highest BCUT2D eigenvalue weighted by atomic mass is 16.5. The van der Waals surface area contributed by atoms with Crippen LogP contribution in [0.15, 0.2) is 72.8 Å². The van der Waals surface area contributed by atoms with Crippen LogP contribution in [0.5, 0.6) is 5.75 Å². The monoisotopic (exact) mass is 348 g/mol. The van der Waals surface area contributed by atoms with Gasteiger partial charge in [0, 0.05) is 24.3 Å². The zero-order chi connectivity index (χ0) is 18.2. The molecular formula is C23H24O3. The maximum atomic E-state index is 8.91. The van der Waals surface area contributed by atoms with Crippen LogP contribution in [0.25, 0.3) is 22.3 Å². The van der Waals surface area contributed by atoms with Crippen molar-refractivity contribution in [3.63, 3.8) is 0 Å². The third-order valence-electron chi connectivity index (χ3n) is 4.29. The molecule has 0 aromatic heterocycles. The highest BCUT2D eigenvalue weighted by Gasteiger charge is 2.17. The minimum atomic E-state index is 0.138. The van der Waals surface area contributed by atoms with Crippen LogP contribution in [0, 0.1) is 0 Å². The van der Waals surface area contributed by atoms with Crippen LogP contribution in [0.3, 0.4) is 0 Å². The summed E-state index contributed by atoms with van der Waals surface area (Å²) in [4.78, 5) is 0. The molecule has 0 aliphatic rings. The summed E-state index contributed by atoms with van der Waals surface area (Å²) in [5.41, 5.74) is 5.47. The van der Waals surface area contributed by atoms with Gasteiger partial charge in [-0.2, -0.15) is 0 Å². The van der Waals surface area contributed by atoms with Crippen molar-refractivity contribution in [3.8, 4) is 28.0 Å². The lowest BCUT2D eigenvalue weighted by atomic mass is 9.91. The maximum absolute atomic E-state index is 8.91. The van der Waals surface area contributed by atoms with E-state index in [1.54, 1.807) is 7.11 Å². The molecule has 3 heteroatoms. The van der Waals surface area contributed by atoms with Crippen molar-refractivity contribution in [2.75, 3.05) is 20.3 Å². The Kier molecular flexibility index (Phi) is 6.42. The van der Waals surface area contributed by atoms with Gasteiger partial charge < -0.3 is 14.6 Å². The van der Waals surface area contributed by atoms with E-state index in [2.05, 4.69) is 36.4 Å². The van der Waals surface area contributed by atoms with E-state index in [0.29, 0.717) is 19.6 Å². The minimum Gasteiger partial charge on any atom is -0.496 e. The molecule has 134 valence electrons. The van der Waals surface area contributed by atoms with Gasteiger partial charge in [0.25, 0.3) is 0 Å². The first kappa shape index (κ1) is 18.2. The smallest absolute Gasteiger partial charge is 0.132 e. The Hall–Kier alpha value is -2.62. The molecule has 0 fully saturated rings. The fraction of sp³-hybridized carbons (Fsp3) is 0.217. The summed E-state index contributed by atoms with van der Waals surface area (Å²) in [5.74, 6) is 0.835. The number of methoxy groups -OCH3 is 1. The molecule has 3 rings (SSSR count). The van der Waals surface area contributed by atoms with Crippen molar-refractivity contribution in [1.82, 2.24) is 0 Å². The third-order valence-corrected chi connectivity index (χ3v) is 4.29. The van der Waals surface area contributed by atoms with Crippen LogP contribution in [-0.2, 0) is 11.3 Å². The first-order valence-corrected chi connectivity index (χ1v) is 8.84. The molecule has 0 unspecified atom stereocenters. The van der Waals surface area contributed by atoms with Crippen molar-refractivity contribution >= 4 is 0 Å². The second kappa shape index (κ2) is 9.18. The highest BCUT2D eigenvalue weighted by molar-refractivity contribution is 5.88. The Morgan fingerprint density at radius 3 is 2.08 bits per heavy atom. The molecule has 3 aromatic carbocycles. The Morgan fingerprint density at radius 2 is 1.46 bits per heavy atom. The summed E-state index contributed by atoms with van der Waals surface area (Å²) in [5, 5.41) is 8.91. The Morgan fingerprint density at radius 1 is 0.808 bits per heavy atom. The molecular weight excluding hydrogens is 324 g/mol. The van der Waals surface area contributed by atoms with Crippen LogP contribution < -0.4 is 4.74 Å². The van der Waals surface area contributed by atoms with E-state index in [4.69, 9.17) is 14.6 Å². The average Bonchev–Trinajstić information content (AvgIpc) is 2.72. The molecule has 0 spiro atoms. The Bertz CT molecular complexity index is 814. The quantitative estimate of drug-likeness (QED) is 0.587. The van der Waals surface area contributed by atoms with E-state index in [-0.39, 0.29) is 6.61 Å². The van der Waals surface area contributed by atoms with Crippen LogP contribution in [0.4, 0.5) is 0 Å². The number of rotatable bonds is 8. The number of hydrogen-bond donors (Lipinski definition) is 1. The lowest BCUT2D eigenvalue weighted by molar-refractivity contribution is 0.103. The molecule has 0 radical (unpaired) electrons. The molecule has 0 bridgehead atoms. The molecule has 3 aromatic rings. The molecule has 0 saturated carbocycles. The fourth-order valence-corrected chi connectivity index (χ4v) is 3.07. The predicted molar refractivity (Wildman–Crippen MR) is 105 cm³/mol. The molecule has 1 N–H and O–H groups in total. The highest BCUT2D eigenvalue weighted by Crippen LogP contribution is 2.41. The molecule has 26 heavy (non-hydrogen) atoms. The number of benzene rings is 3. The maximum Gasteiger partial charge on any atom is 0.132 e. The fourth-order valence-electron chi connectivity index (χ4n) is 3.07. The van der Waals surface area contributed by atoms with Gasteiger partial charge >= 0.3 is 0 Å². The predicted octanol–water partition coefficient (Wildman–Crippen LogP) is 4.93. The first-order chi connectivity index (χ1) is 12.8. The van der Waals surface area contributed by atoms with Gasteiger partial charge in [-0.25, -0.2) is 0 Å². The minimum absolute atomic E-state index is 0.138. The largest absolute Gasteiger partial charge is 0.496 e. The van der Waals surface area contributed by atoms with Crippen LogP contribution in [0.2, 0.25) is 0 Å². The normalized spacial score (nSPS) is 10.7. The van der Waals surface area contributed by atoms with Crippen LogP contribution in [-0.4, -0.2) is 25.4 Å². The van der Waals surface area contributed by atoms with E-state index >= 15 is 0 Å². The number of aliphatic hydroxyl groups excluding tert-OH is 1. The molecule has 0 atom stereocenters. The second-order valence-electron chi connectivity index (χ2n) is 6.04. The van der Waals surface area contributed by atoms with Gasteiger partial charge in [-0.15, -0.1) is 0 Å². The van der Waals surface area contributed by atoms with E-state index < -0.39 is 0 Å². The lowest BCUT2D eigenvalue weighted by Crippen LogP contribution is -2.02. The molecule has 0 saturated heterocycles. The van der Waals surface area contributed by atoms with Gasteiger partial charge in [0.1, 0.15) is 5.75 Å². The third kappa shape index (κ3) is 4.13. The SMILES string of the molecule is COc1c(COCCCO)ccc(-c2ccccc2)c1-c1ccccc1. The summed E-state index contributed by atoms with van der Waals surface area (Å²) in [6.07, 6.45) is 0.635. The van der Waals surface area contributed by atoms with E-state index in [1.165, 1.54) is 0 Å². The second-order valence-corrected chi connectivity index (χ2v) is 6.04.